The molecule has 3 heteroatoms. The molecular weight excluding hydrogens is 264 g/mol. The van der Waals surface area contributed by atoms with E-state index in [-0.39, 0.29) is 5.54 Å². The van der Waals surface area contributed by atoms with Gasteiger partial charge in [0.1, 0.15) is 0 Å². The van der Waals surface area contributed by atoms with E-state index < -0.39 is 0 Å². The Morgan fingerprint density at radius 1 is 1.00 bits per heavy atom. The molecule has 20 heavy (non-hydrogen) atoms. The molecule has 2 rings (SSSR count). The van der Waals surface area contributed by atoms with Crippen LogP contribution in [0.2, 0.25) is 0 Å². The van der Waals surface area contributed by atoms with Crippen LogP contribution in [0.25, 0.3) is 0 Å². The zero-order valence-corrected chi connectivity index (χ0v) is 15.0. The van der Waals surface area contributed by atoms with Crippen LogP contribution >= 0.6 is 12.6 Å². The molecule has 2 nitrogen and oxygen atoms in total. The number of piperidine rings is 1. The molecule has 0 aliphatic carbocycles. The van der Waals surface area contributed by atoms with Gasteiger partial charge in [-0.3, -0.25) is 4.90 Å². The Kier molecular flexibility index (Phi) is 5.14. The lowest BCUT2D eigenvalue weighted by atomic mass is 9.75. The molecule has 0 bridgehead atoms. The van der Waals surface area contributed by atoms with Gasteiger partial charge in [0.2, 0.25) is 0 Å². The molecule has 2 aliphatic rings. The summed E-state index contributed by atoms with van der Waals surface area (Å²) in [7, 11) is 0. The largest absolute Gasteiger partial charge is 0.302 e. The van der Waals surface area contributed by atoms with E-state index in [1.54, 1.807) is 0 Å². The van der Waals surface area contributed by atoms with E-state index in [1.807, 2.05) is 0 Å². The SMILES string of the molecule is CC(C)(C)C1CN(CC2CCN(C(C)(C)CS)CC2)C1. The number of rotatable bonds is 4. The number of thiol groups is 1. The van der Waals surface area contributed by atoms with Crippen molar-refractivity contribution in [1.29, 1.82) is 0 Å². The fourth-order valence-electron chi connectivity index (χ4n) is 3.45. The van der Waals surface area contributed by atoms with Crippen LogP contribution in [0.4, 0.5) is 0 Å². The average Bonchev–Trinajstić information content (AvgIpc) is 2.32. The first-order valence-corrected chi connectivity index (χ1v) is 8.94. The minimum absolute atomic E-state index is 0.266. The van der Waals surface area contributed by atoms with Crippen LogP contribution in [0.5, 0.6) is 0 Å². The number of nitrogens with zero attached hydrogens (tertiary/aromatic N) is 2. The highest BCUT2D eigenvalue weighted by molar-refractivity contribution is 7.80. The molecule has 2 fully saturated rings. The lowest BCUT2D eigenvalue weighted by Crippen LogP contribution is -2.55. The van der Waals surface area contributed by atoms with Crippen molar-refractivity contribution in [3.05, 3.63) is 0 Å². The standard InChI is InChI=1S/C17H34N2S/c1-16(2,3)15-11-18(12-15)10-14-6-8-19(9-7-14)17(4,5)13-20/h14-15,20H,6-13H2,1-5H3. The molecule has 2 heterocycles. The zero-order valence-electron chi connectivity index (χ0n) is 14.2. The molecule has 0 amide bonds. The molecule has 0 atom stereocenters. The Labute approximate surface area is 131 Å². The van der Waals surface area contributed by atoms with Crippen molar-refractivity contribution in [2.75, 3.05) is 38.5 Å². The summed E-state index contributed by atoms with van der Waals surface area (Å²) in [4.78, 5) is 5.31. The van der Waals surface area contributed by atoms with Crippen molar-refractivity contribution in [2.24, 2.45) is 17.3 Å². The summed E-state index contributed by atoms with van der Waals surface area (Å²) in [6, 6.07) is 0. The predicted octanol–water partition coefficient (Wildman–Crippen LogP) is 3.38. The quantitative estimate of drug-likeness (QED) is 0.795. The topological polar surface area (TPSA) is 6.48 Å². The van der Waals surface area contributed by atoms with Gasteiger partial charge in [0.15, 0.2) is 0 Å². The number of hydrogen-bond donors (Lipinski definition) is 1. The summed E-state index contributed by atoms with van der Waals surface area (Å²) in [5.74, 6) is 2.78. The van der Waals surface area contributed by atoms with Crippen LogP contribution in [0.3, 0.4) is 0 Å². The van der Waals surface area contributed by atoms with Gasteiger partial charge in [0.25, 0.3) is 0 Å². The fourth-order valence-corrected chi connectivity index (χ4v) is 3.65. The molecule has 0 unspecified atom stereocenters. The third-order valence-electron chi connectivity index (χ3n) is 5.56. The van der Waals surface area contributed by atoms with E-state index in [9.17, 15) is 0 Å². The summed E-state index contributed by atoms with van der Waals surface area (Å²) in [6.45, 7) is 18.3. The van der Waals surface area contributed by atoms with Gasteiger partial charge in [0, 0.05) is 30.9 Å². The monoisotopic (exact) mass is 298 g/mol. The second-order valence-corrected chi connectivity index (χ2v) is 9.00. The molecule has 0 radical (unpaired) electrons. The Morgan fingerprint density at radius 2 is 1.55 bits per heavy atom. The Hall–Kier alpha value is 0.270. The van der Waals surface area contributed by atoms with Crippen LogP contribution in [0.15, 0.2) is 0 Å². The maximum absolute atomic E-state index is 4.50. The van der Waals surface area contributed by atoms with Crippen molar-refractivity contribution < 1.29 is 0 Å². The van der Waals surface area contributed by atoms with Gasteiger partial charge in [-0.1, -0.05) is 20.8 Å². The molecule has 2 aliphatic heterocycles. The van der Waals surface area contributed by atoms with Gasteiger partial charge in [0.05, 0.1) is 0 Å². The Bertz CT molecular complexity index is 307. The number of likely N-dealkylation sites (tertiary alicyclic amines) is 2. The maximum Gasteiger partial charge on any atom is 0.0241 e. The molecular formula is C17H34N2S. The van der Waals surface area contributed by atoms with Crippen LogP contribution in [-0.4, -0.2) is 53.8 Å². The van der Waals surface area contributed by atoms with Crippen molar-refractivity contribution in [3.63, 3.8) is 0 Å². The molecule has 0 N–H and O–H groups in total. The smallest absolute Gasteiger partial charge is 0.0241 e. The van der Waals surface area contributed by atoms with Gasteiger partial charge in [-0.15, -0.1) is 0 Å². The van der Waals surface area contributed by atoms with Gasteiger partial charge < -0.3 is 4.90 Å². The van der Waals surface area contributed by atoms with E-state index in [1.165, 1.54) is 45.6 Å². The van der Waals surface area contributed by atoms with E-state index in [4.69, 9.17) is 0 Å². The highest BCUT2D eigenvalue weighted by Crippen LogP contribution is 2.35. The van der Waals surface area contributed by atoms with Crippen molar-refractivity contribution in [3.8, 4) is 0 Å². The molecule has 0 aromatic heterocycles. The minimum atomic E-state index is 0.266. The summed E-state index contributed by atoms with van der Waals surface area (Å²) >= 11 is 4.50. The van der Waals surface area contributed by atoms with E-state index in [2.05, 4.69) is 57.0 Å². The van der Waals surface area contributed by atoms with E-state index in [0.717, 1.165) is 17.6 Å². The first-order chi connectivity index (χ1) is 9.22. The molecule has 118 valence electrons. The molecule has 0 saturated carbocycles. The highest BCUT2D eigenvalue weighted by Gasteiger charge is 2.37. The maximum atomic E-state index is 4.50. The van der Waals surface area contributed by atoms with Crippen LogP contribution in [0, 0.1) is 17.3 Å². The third-order valence-corrected chi connectivity index (χ3v) is 6.33. The van der Waals surface area contributed by atoms with Crippen LogP contribution in [0.1, 0.15) is 47.5 Å². The Morgan fingerprint density at radius 3 is 2.00 bits per heavy atom. The first-order valence-electron chi connectivity index (χ1n) is 8.30. The summed E-state index contributed by atoms with van der Waals surface area (Å²) in [5, 5.41) is 0. The van der Waals surface area contributed by atoms with Gasteiger partial charge in [-0.05, 0) is 57.0 Å². The zero-order chi connectivity index (χ0) is 15.0. The molecule has 0 aromatic carbocycles. The molecule has 0 aromatic rings. The molecule has 0 spiro atoms. The molecule has 2 saturated heterocycles. The lowest BCUT2D eigenvalue weighted by Gasteiger charge is -2.49. The van der Waals surface area contributed by atoms with Crippen molar-refractivity contribution in [2.45, 2.75) is 53.0 Å². The predicted molar refractivity (Wildman–Crippen MR) is 91.6 cm³/mol. The fraction of sp³-hybridized carbons (Fsp3) is 1.00. The van der Waals surface area contributed by atoms with Gasteiger partial charge in [-0.2, -0.15) is 12.6 Å². The number of hydrogen-bond acceptors (Lipinski definition) is 3. The van der Waals surface area contributed by atoms with E-state index >= 15 is 0 Å². The summed E-state index contributed by atoms with van der Waals surface area (Å²) in [5.41, 5.74) is 0.763. The highest BCUT2D eigenvalue weighted by atomic mass is 32.1. The lowest BCUT2D eigenvalue weighted by molar-refractivity contribution is 0.000355. The van der Waals surface area contributed by atoms with Crippen molar-refractivity contribution >= 4 is 12.6 Å². The Balaban J connectivity index is 1.69. The summed E-state index contributed by atoms with van der Waals surface area (Å²) < 4.78 is 0. The summed E-state index contributed by atoms with van der Waals surface area (Å²) in [6.07, 6.45) is 2.74. The normalized spacial score (nSPS) is 24.9. The third kappa shape index (κ3) is 3.92. The average molecular weight is 299 g/mol. The van der Waals surface area contributed by atoms with Crippen LogP contribution < -0.4 is 0 Å². The second-order valence-electron chi connectivity index (χ2n) is 8.68. The van der Waals surface area contributed by atoms with Crippen molar-refractivity contribution in [1.82, 2.24) is 9.80 Å². The second kappa shape index (κ2) is 6.18. The minimum Gasteiger partial charge on any atom is -0.302 e. The van der Waals surface area contributed by atoms with Crippen LogP contribution in [-0.2, 0) is 0 Å². The van der Waals surface area contributed by atoms with Gasteiger partial charge >= 0.3 is 0 Å². The van der Waals surface area contributed by atoms with Gasteiger partial charge in [-0.25, -0.2) is 0 Å². The van der Waals surface area contributed by atoms with E-state index in [0.29, 0.717) is 5.41 Å². The first kappa shape index (κ1) is 16.6.